The molecule has 0 bridgehead atoms. The first-order valence-electron chi connectivity index (χ1n) is 8.60. The van der Waals surface area contributed by atoms with E-state index >= 15 is 0 Å². The number of nitrogens with one attached hydrogen (secondary N) is 1. The van der Waals surface area contributed by atoms with Gasteiger partial charge in [0.15, 0.2) is 11.0 Å². The summed E-state index contributed by atoms with van der Waals surface area (Å²) in [5.41, 5.74) is 1.79. The van der Waals surface area contributed by atoms with Gasteiger partial charge in [0.1, 0.15) is 0 Å². The van der Waals surface area contributed by atoms with Gasteiger partial charge >= 0.3 is 0 Å². The molecule has 0 aliphatic heterocycles. The quantitative estimate of drug-likeness (QED) is 0.673. The number of para-hydroxylation sites is 1. The highest BCUT2D eigenvalue weighted by Gasteiger charge is 2.31. The van der Waals surface area contributed by atoms with Crippen LogP contribution in [0.1, 0.15) is 25.8 Å². The number of hydrogen-bond acceptors (Lipinski definition) is 5. The molecule has 2 aromatic heterocycles. The van der Waals surface area contributed by atoms with Crippen LogP contribution in [-0.2, 0) is 4.79 Å². The van der Waals surface area contributed by atoms with Crippen LogP contribution >= 0.6 is 11.8 Å². The Balaban J connectivity index is 1.53. The number of thioether (sulfide) groups is 1. The van der Waals surface area contributed by atoms with E-state index in [2.05, 4.69) is 25.1 Å². The molecule has 1 aromatic carbocycles. The van der Waals surface area contributed by atoms with E-state index in [9.17, 15) is 4.79 Å². The van der Waals surface area contributed by atoms with E-state index in [4.69, 9.17) is 0 Å². The molecular formula is C19H19N5OS. The van der Waals surface area contributed by atoms with Gasteiger partial charge in [0.25, 0.3) is 0 Å². The molecule has 1 atom stereocenters. The molecule has 1 aliphatic rings. The smallest absolute Gasteiger partial charge is 0.237 e. The Hall–Kier alpha value is -2.67. The van der Waals surface area contributed by atoms with Gasteiger partial charge in [0.2, 0.25) is 5.91 Å². The second-order valence-corrected chi connectivity index (χ2v) is 7.57. The molecule has 1 amide bonds. The first kappa shape index (κ1) is 16.8. The van der Waals surface area contributed by atoms with E-state index in [-0.39, 0.29) is 11.2 Å². The Morgan fingerprint density at radius 2 is 1.88 bits per heavy atom. The van der Waals surface area contributed by atoms with Gasteiger partial charge in [-0.05, 0) is 44.0 Å². The number of carbonyl (C=O) groups excluding carboxylic acids is 1. The third kappa shape index (κ3) is 3.62. The molecule has 26 heavy (non-hydrogen) atoms. The van der Waals surface area contributed by atoms with Gasteiger partial charge in [-0.1, -0.05) is 30.0 Å². The summed E-state index contributed by atoms with van der Waals surface area (Å²) in [6, 6.07) is 13.8. The highest BCUT2D eigenvalue weighted by molar-refractivity contribution is 8.00. The zero-order valence-corrected chi connectivity index (χ0v) is 15.2. The van der Waals surface area contributed by atoms with Crippen molar-refractivity contribution in [3.8, 4) is 11.4 Å². The van der Waals surface area contributed by atoms with Crippen LogP contribution in [0.15, 0.2) is 60.0 Å². The number of aromatic nitrogens is 4. The highest BCUT2D eigenvalue weighted by atomic mass is 32.2. The fourth-order valence-electron chi connectivity index (χ4n) is 2.69. The highest BCUT2D eigenvalue weighted by Crippen LogP contribution is 2.41. The number of pyridine rings is 1. The molecule has 3 aromatic rings. The summed E-state index contributed by atoms with van der Waals surface area (Å²) in [6.45, 7) is 1.89. The molecule has 1 fully saturated rings. The van der Waals surface area contributed by atoms with E-state index < -0.39 is 0 Å². The van der Waals surface area contributed by atoms with Crippen LogP contribution in [0.5, 0.6) is 0 Å². The van der Waals surface area contributed by atoms with Gasteiger partial charge in [0, 0.05) is 29.7 Å². The van der Waals surface area contributed by atoms with E-state index in [0.29, 0.717) is 6.04 Å². The molecule has 1 N–H and O–H groups in total. The lowest BCUT2D eigenvalue weighted by Crippen LogP contribution is -2.22. The van der Waals surface area contributed by atoms with Gasteiger partial charge in [-0.2, -0.15) is 0 Å². The summed E-state index contributed by atoms with van der Waals surface area (Å²) in [4.78, 5) is 16.6. The van der Waals surface area contributed by atoms with Crippen molar-refractivity contribution >= 4 is 23.4 Å². The number of anilines is 1. The van der Waals surface area contributed by atoms with Crippen molar-refractivity contribution in [3.63, 3.8) is 0 Å². The lowest BCUT2D eigenvalue weighted by Gasteiger charge is -2.13. The summed E-state index contributed by atoms with van der Waals surface area (Å²) >= 11 is 1.44. The molecular weight excluding hydrogens is 346 g/mol. The minimum Gasteiger partial charge on any atom is -0.325 e. The fraction of sp³-hybridized carbons (Fsp3) is 0.263. The largest absolute Gasteiger partial charge is 0.325 e. The number of benzene rings is 1. The van der Waals surface area contributed by atoms with E-state index in [0.717, 1.165) is 35.1 Å². The number of rotatable bonds is 6. The van der Waals surface area contributed by atoms with Crippen LogP contribution in [0.3, 0.4) is 0 Å². The Kier molecular flexibility index (Phi) is 4.71. The topological polar surface area (TPSA) is 72.7 Å². The van der Waals surface area contributed by atoms with Crippen molar-refractivity contribution in [3.05, 3.63) is 54.9 Å². The molecule has 0 spiro atoms. The third-order valence-corrected chi connectivity index (χ3v) is 5.26. The van der Waals surface area contributed by atoms with Gasteiger partial charge < -0.3 is 5.32 Å². The molecule has 132 valence electrons. The number of amides is 1. The maximum absolute atomic E-state index is 12.5. The number of hydrogen-bond donors (Lipinski definition) is 1. The zero-order valence-electron chi connectivity index (χ0n) is 14.4. The molecule has 4 rings (SSSR count). The Morgan fingerprint density at radius 3 is 2.58 bits per heavy atom. The summed E-state index contributed by atoms with van der Waals surface area (Å²) in [5.74, 6) is 0.796. The van der Waals surface area contributed by atoms with Crippen LogP contribution in [0.2, 0.25) is 0 Å². The van der Waals surface area contributed by atoms with Gasteiger partial charge in [0.05, 0.1) is 5.25 Å². The lowest BCUT2D eigenvalue weighted by molar-refractivity contribution is -0.115. The average Bonchev–Trinajstić information content (AvgIpc) is 3.43. The predicted molar refractivity (Wildman–Crippen MR) is 102 cm³/mol. The van der Waals surface area contributed by atoms with Crippen LogP contribution in [0.25, 0.3) is 11.4 Å². The van der Waals surface area contributed by atoms with E-state index in [1.165, 1.54) is 11.8 Å². The van der Waals surface area contributed by atoms with Crippen LogP contribution in [-0.4, -0.2) is 30.9 Å². The Labute approximate surface area is 156 Å². The maximum Gasteiger partial charge on any atom is 0.237 e. The van der Waals surface area contributed by atoms with Gasteiger partial charge in [-0.3, -0.25) is 14.3 Å². The Bertz CT molecular complexity index is 893. The molecule has 6 nitrogen and oxygen atoms in total. The lowest BCUT2D eigenvalue weighted by atomic mass is 10.2. The monoisotopic (exact) mass is 365 g/mol. The van der Waals surface area contributed by atoms with Crippen molar-refractivity contribution in [2.45, 2.75) is 36.2 Å². The minimum absolute atomic E-state index is 0.0444. The molecule has 0 radical (unpaired) electrons. The van der Waals surface area contributed by atoms with Crippen molar-refractivity contribution in [1.82, 2.24) is 19.7 Å². The molecule has 1 aliphatic carbocycles. The van der Waals surface area contributed by atoms with Crippen molar-refractivity contribution < 1.29 is 4.79 Å². The predicted octanol–water partition coefficient (Wildman–Crippen LogP) is 3.79. The van der Waals surface area contributed by atoms with E-state index in [1.54, 1.807) is 12.4 Å². The molecule has 2 heterocycles. The Morgan fingerprint density at radius 1 is 1.15 bits per heavy atom. The summed E-state index contributed by atoms with van der Waals surface area (Å²) in [5, 5.41) is 12.2. The van der Waals surface area contributed by atoms with Crippen molar-refractivity contribution in [2.24, 2.45) is 0 Å². The second kappa shape index (κ2) is 7.29. The summed E-state index contributed by atoms with van der Waals surface area (Å²) in [6.07, 6.45) is 5.75. The second-order valence-electron chi connectivity index (χ2n) is 6.26. The van der Waals surface area contributed by atoms with Crippen LogP contribution in [0, 0.1) is 0 Å². The van der Waals surface area contributed by atoms with Crippen molar-refractivity contribution in [2.75, 3.05) is 5.32 Å². The standard InChI is InChI=1S/C19H19N5OS/c1-13(18(25)21-15-5-3-2-4-6-15)26-19-23-22-17(24(19)16-7-8-16)14-9-11-20-12-10-14/h2-6,9-13,16H,7-8H2,1H3,(H,21,25)/t13-/m0/s1. The zero-order chi connectivity index (χ0) is 17.9. The molecule has 1 saturated carbocycles. The van der Waals surface area contributed by atoms with Gasteiger partial charge in [-0.15, -0.1) is 10.2 Å². The number of nitrogens with zero attached hydrogens (tertiary/aromatic N) is 4. The van der Waals surface area contributed by atoms with Crippen LogP contribution in [0.4, 0.5) is 5.69 Å². The SMILES string of the molecule is C[C@H](Sc1nnc(-c2ccncc2)n1C1CC1)C(=O)Nc1ccccc1. The normalized spacial score (nSPS) is 14.8. The molecule has 0 unspecified atom stereocenters. The minimum atomic E-state index is -0.276. The maximum atomic E-state index is 12.5. The van der Waals surface area contributed by atoms with E-state index in [1.807, 2.05) is 49.4 Å². The van der Waals surface area contributed by atoms with Crippen LogP contribution < -0.4 is 5.32 Å². The summed E-state index contributed by atoms with van der Waals surface area (Å²) in [7, 11) is 0. The average molecular weight is 365 g/mol. The molecule has 0 saturated heterocycles. The third-order valence-electron chi connectivity index (χ3n) is 4.21. The fourth-order valence-corrected chi connectivity index (χ4v) is 3.61. The first-order valence-corrected chi connectivity index (χ1v) is 9.48. The van der Waals surface area contributed by atoms with Crippen molar-refractivity contribution in [1.29, 1.82) is 0 Å². The molecule has 7 heteroatoms. The summed E-state index contributed by atoms with van der Waals surface area (Å²) < 4.78 is 2.16. The number of carbonyl (C=O) groups is 1. The van der Waals surface area contributed by atoms with Gasteiger partial charge in [-0.25, -0.2) is 0 Å². The first-order chi connectivity index (χ1) is 12.7.